The van der Waals surface area contributed by atoms with Crippen molar-refractivity contribution in [3.05, 3.63) is 45.3 Å². The van der Waals surface area contributed by atoms with E-state index < -0.39 is 4.92 Å². The number of hydrogen-bond donors (Lipinski definition) is 1. The largest absolute Gasteiger partial charge is 0.496 e. The van der Waals surface area contributed by atoms with Crippen molar-refractivity contribution in [2.24, 2.45) is 0 Å². The lowest BCUT2D eigenvalue weighted by atomic mass is 10.1. The monoisotopic (exact) mass is 317 g/mol. The van der Waals surface area contributed by atoms with Gasteiger partial charge in [0.25, 0.3) is 5.69 Å². The van der Waals surface area contributed by atoms with E-state index in [2.05, 4.69) is 20.5 Å². The third-order valence-corrected chi connectivity index (χ3v) is 3.42. The van der Waals surface area contributed by atoms with Crippen LogP contribution in [0.25, 0.3) is 0 Å². The molecular weight excluding hydrogens is 298 g/mol. The van der Waals surface area contributed by atoms with Gasteiger partial charge in [-0.15, -0.1) is 5.10 Å². The normalized spacial score (nSPS) is 10.4. The maximum absolute atomic E-state index is 10.9. The zero-order valence-electron chi connectivity index (χ0n) is 13.4. The van der Waals surface area contributed by atoms with Gasteiger partial charge >= 0.3 is 0 Å². The van der Waals surface area contributed by atoms with Crippen molar-refractivity contribution >= 4 is 11.6 Å². The third-order valence-electron chi connectivity index (χ3n) is 3.42. The second kappa shape index (κ2) is 7.48. The molecule has 0 amide bonds. The smallest absolute Gasteiger partial charge is 0.270 e. The zero-order chi connectivity index (χ0) is 16.8. The number of nitro benzene ring substituents is 1. The summed E-state index contributed by atoms with van der Waals surface area (Å²) in [5, 5.41) is 22.1. The molecule has 0 aliphatic carbocycles. The van der Waals surface area contributed by atoms with E-state index in [0.29, 0.717) is 23.8 Å². The Morgan fingerprint density at radius 1 is 1.22 bits per heavy atom. The highest BCUT2D eigenvalue weighted by Crippen LogP contribution is 2.24. The van der Waals surface area contributed by atoms with E-state index in [1.165, 1.54) is 19.2 Å². The summed E-state index contributed by atoms with van der Waals surface area (Å²) in [6.07, 6.45) is 1.55. The van der Waals surface area contributed by atoms with Gasteiger partial charge in [0.15, 0.2) is 0 Å². The Labute approximate surface area is 134 Å². The lowest BCUT2D eigenvalue weighted by Gasteiger charge is -2.10. The number of hydrogen-bond acceptors (Lipinski definition) is 7. The minimum Gasteiger partial charge on any atom is -0.496 e. The SMILES string of the molecule is CCc1nnc(NCc2cc([N+](=O)[O-])ccc2OC)nc1CC. The second-order valence-corrected chi connectivity index (χ2v) is 4.84. The number of non-ortho nitro benzene ring substituents is 1. The number of aromatic nitrogens is 3. The van der Waals surface area contributed by atoms with Crippen LogP contribution in [0, 0.1) is 10.1 Å². The Morgan fingerprint density at radius 2 is 1.96 bits per heavy atom. The number of nitrogens with zero attached hydrogens (tertiary/aromatic N) is 4. The molecule has 0 fully saturated rings. The molecule has 0 aliphatic heterocycles. The number of anilines is 1. The van der Waals surface area contributed by atoms with Crippen molar-refractivity contribution in [3.8, 4) is 5.75 Å². The van der Waals surface area contributed by atoms with Crippen molar-refractivity contribution in [3.63, 3.8) is 0 Å². The molecule has 0 unspecified atom stereocenters. The van der Waals surface area contributed by atoms with E-state index in [1.807, 2.05) is 13.8 Å². The topological polar surface area (TPSA) is 103 Å². The molecule has 2 aromatic rings. The van der Waals surface area contributed by atoms with E-state index in [0.717, 1.165) is 24.2 Å². The highest BCUT2D eigenvalue weighted by atomic mass is 16.6. The maximum Gasteiger partial charge on any atom is 0.270 e. The molecule has 1 N–H and O–H groups in total. The molecule has 1 aromatic heterocycles. The number of benzene rings is 1. The molecule has 2 rings (SSSR count). The van der Waals surface area contributed by atoms with E-state index in [9.17, 15) is 10.1 Å². The summed E-state index contributed by atoms with van der Waals surface area (Å²) in [4.78, 5) is 14.9. The van der Waals surface area contributed by atoms with E-state index in [-0.39, 0.29) is 5.69 Å². The summed E-state index contributed by atoms with van der Waals surface area (Å²) in [7, 11) is 1.52. The first-order valence-corrected chi connectivity index (χ1v) is 7.36. The van der Waals surface area contributed by atoms with Crippen LogP contribution in [0.5, 0.6) is 5.75 Å². The molecular formula is C15H19N5O3. The fourth-order valence-electron chi connectivity index (χ4n) is 2.20. The fourth-order valence-corrected chi connectivity index (χ4v) is 2.20. The van der Waals surface area contributed by atoms with Crippen LogP contribution in [0.3, 0.4) is 0 Å². The number of methoxy groups -OCH3 is 1. The van der Waals surface area contributed by atoms with E-state index in [1.54, 1.807) is 6.07 Å². The van der Waals surface area contributed by atoms with Crippen LogP contribution >= 0.6 is 0 Å². The molecule has 0 saturated carbocycles. The van der Waals surface area contributed by atoms with Crippen LogP contribution in [0.2, 0.25) is 0 Å². The average molecular weight is 317 g/mol. The first kappa shape index (κ1) is 16.6. The third kappa shape index (κ3) is 3.91. The van der Waals surface area contributed by atoms with Gasteiger partial charge in [0.1, 0.15) is 5.75 Å². The van der Waals surface area contributed by atoms with Gasteiger partial charge in [-0.2, -0.15) is 5.10 Å². The quantitative estimate of drug-likeness (QED) is 0.618. The molecule has 8 heteroatoms. The van der Waals surface area contributed by atoms with Crippen LogP contribution in [-0.2, 0) is 19.4 Å². The van der Waals surface area contributed by atoms with Gasteiger partial charge < -0.3 is 10.1 Å². The lowest BCUT2D eigenvalue weighted by molar-refractivity contribution is -0.384. The highest BCUT2D eigenvalue weighted by molar-refractivity contribution is 5.45. The van der Waals surface area contributed by atoms with Crippen LogP contribution in [0.1, 0.15) is 30.8 Å². The first-order chi connectivity index (χ1) is 11.1. The molecule has 1 heterocycles. The van der Waals surface area contributed by atoms with Gasteiger partial charge in [-0.3, -0.25) is 10.1 Å². The number of nitro groups is 1. The fraction of sp³-hybridized carbons (Fsp3) is 0.400. The van der Waals surface area contributed by atoms with Crippen molar-refractivity contribution in [2.75, 3.05) is 12.4 Å². The van der Waals surface area contributed by atoms with E-state index >= 15 is 0 Å². The second-order valence-electron chi connectivity index (χ2n) is 4.84. The molecule has 0 radical (unpaired) electrons. The van der Waals surface area contributed by atoms with Crippen LogP contribution < -0.4 is 10.1 Å². The summed E-state index contributed by atoms with van der Waals surface area (Å²) in [5.41, 5.74) is 2.45. The predicted octanol–water partition coefficient (Wildman–Crippen LogP) is 2.53. The molecule has 0 aliphatic rings. The highest BCUT2D eigenvalue weighted by Gasteiger charge is 2.12. The minimum absolute atomic E-state index is 0.0113. The summed E-state index contributed by atoms with van der Waals surface area (Å²) in [6, 6.07) is 4.46. The van der Waals surface area contributed by atoms with E-state index in [4.69, 9.17) is 4.74 Å². The molecule has 0 spiro atoms. The van der Waals surface area contributed by atoms with Gasteiger partial charge in [0, 0.05) is 24.2 Å². The number of nitrogens with one attached hydrogen (secondary N) is 1. The Kier molecular flexibility index (Phi) is 5.40. The van der Waals surface area contributed by atoms with Crippen molar-refractivity contribution < 1.29 is 9.66 Å². The summed E-state index contributed by atoms with van der Waals surface area (Å²) in [6.45, 7) is 4.32. The first-order valence-electron chi connectivity index (χ1n) is 7.36. The van der Waals surface area contributed by atoms with Crippen molar-refractivity contribution in [1.82, 2.24) is 15.2 Å². The summed E-state index contributed by atoms with van der Waals surface area (Å²) >= 11 is 0. The lowest BCUT2D eigenvalue weighted by Crippen LogP contribution is -2.10. The van der Waals surface area contributed by atoms with Gasteiger partial charge in [0.2, 0.25) is 5.95 Å². The molecule has 122 valence electrons. The van der Waals surface area contributed by atoms with Gasteiger partial charge in [0.05, 0.1) is 23.4 Å². The summed E-state index contributed by atoms with van der Waals surface area (Å²) in [5.74, 6) is 0.963. The number of ether oxygens (including phenoxy) is 1. The van der Waals surface area contributed by atoms with Crippen LogP contribution in [0.4, 0.5) is 11.6 Å². The standard InChI is InChI=1S/C15H19N5O3/c1-4-12-13(5-2)18-19-15(17-12)16-9-10-8-11(20(21)22)6-7-14(10)23-3/h6-8H,4-5,9H2,1-3H3,(H,16,17,19). The Morgan fingerprint density at radius 3 is 2.57 bits per heavy atom. The average Bonchev–Trinajstić information content (AvgIpc) is 2.59. The molecule has 0 bridgehead atoms. The van der Waals surface area contributed by atoms with Crippen molar-refractivity contribution in [1.29, 1.82) is 0 Å². The Balaban J connectivity index is 2.20. The zero-order valence-corrected chi connectivity index (χ0v) is 13.4. The van der Waals surface area contributed by atoms with Crippen LogP contribution in [0.15, 0.2) is 18.2 Å². The minimum atomic E-state index is -0.438. The Hall–Kier alpha value is -2.77. The van der Waals surface area contributed by atoms with Crippen LogP contribution in [-0.4, -0.2) is 27.2 Å². The van der Waals surface area contributed by atoms with Gasteiger partial charge in [-0.25, -0.2) is 4.98 Å². The molecule has 0 atom stereocenters. The van der Waals surface area contributed by atoms with Gasteiger partial charge in [-0.1, -0.05) is 13.8 Å². The molecule has 8 nitrogen and oxygen atoms in total. The number of aryl methyl sites for hydroxylation is 2. The number of rotatable bonds is 7. The molecule has 1 aromatic carbocycles. The summed E-state index contributed by atoms with van der Waals surface area (Å²) < 4.78 is 5.23. The molecule has 23 heavy (non-hydrogen) atoms. The van der Waals surface area contributed by atoms with Gasteiger partial charge in [-0.05, 0) is 18.9 Å². The van der Waals surface area contributed by atoms with Crippen molar-refractivity contribution in [2.45, 2.75) is 33.2 Å². The predicted molar refractivity (Wildman–Crippen MR) is 85.6 cm³/mol. The maximum atomic E-state index is 10.9. The Bertz CT molecular complexity index is 706. The molecule has 0 saturated heterocycles.